The molecule has 0 aromatic carbocycles. The number of rotatable bonds is 6. The summed E-state index contributed by atoms with van der Waals surface area (Å²) in [5.41, 5.74) is -1.39. The number of nitrogens with one attached hydrogen (secondary N) is 2. The predicted octanol–water partition coefficient (Wildman–Crippen LogP) is 2.32. The van der Waals surface area contributed by atoms with Gasteiger partial charge in [-0.05, 0) is 60.3 Å². The molecule has 1 aromatic heterocycles. The highest BCUT2D eigenvalue weighted by Gasteiger charge is 2.33. The number of carbonyl (C=O) groups excluding carboxylic acids is 2. The zero-order valence-electron chi connectivity index (χ0n) is 18.1. The molecule has 9 nitrogen and oxygen atoms in total. The van der Waals surface area contributed by atoms with Gasteiger partial charge in [-0.2, -0.15) is 4.98 Å². The van der Waals surface area contributed by atoms with Crippen LogP contribution in [-0.2, 0) is 21.6 Å². The van der Waals surface area contributed by atoms with Crippen molar-refractivity contribution in [3.8, 4) is 0 Å². The normalized spacial score (nSPS) is 19.1. The number of aromatic nitrogens is 2. The summed E-state index contributed by atoms with van der Waals surface area (Å²) >= 11 is 0. The molecule has 162 valence electrons. The van der Waals surface area contributed by atoms with Gasteiger partial charge in [-0.3, -0.25) is 9.69 Å². The van der Waals surface area contributed by atoms with Crippen molar-refractivity contribution < 1.29 is 18.8 Å². The molecule has 1 saturated carbocycles. The lowest BCUT2D eigenvalue weighted by Crippen LogP contribution is -2.45. The smallest absolute Gasteiger partial charge is 0.408 e. The Morgan fingerprint density at radius 2 is 1.79 bits per heavy atom. The maximum absolute atomic E-state index is 12.1. The maximum atomic E-state index is 12.1. The SMILES string of the molecule is CC(C)(C)OC(=O)NC(C)(C)c1noc(CN2CCC(NC(=O)C3CC3)CC2)n1. The number of alkyl carbamates (subject to hydrolysis) is 1. The molecule has 1 aliphatic carbocycles. The Balaban J connectivity index is 1.47. The topological polar surface area (TPSA) is 110 Å². The van der Waals surface area contributed by atoms with Crippen LogP contribution in [0.5, 0.6) is 0 Å². The summed E-state index contributed by atoms with van der Waals surface area (Å²) in [4.78, 5) is 30.7. The van der Waals surface area contributed by atoms with E-state index in [9.17, 15) is 9.59 Å². The Kier molecular flexibility index (Phi) is 6.16. The monoisotopic (exact) mass is 407 g/mol. The number of hydrogen-bond donors (Lipinski definition) is 2. The Morgan fingerprint density at radius 1 is 1.14 bits per heavy atom. The van der Waals surface area contributed by atoms with Crippen LogP contribution in [0.4, 0.5) is 4.79 Å². The molecule has 2 amide bonds. The first-order chi connectivity index (χ1) is 13.5. The molecule has 0 radical (unpaired) electrons. The van der Waals surface area contributed by atoms with Crippen LogP contribution in [0.1, 0.15) is 72.0 Å². The fourth-order valence-corrected chi connectivity index (χ4v) is 3.28. The van der Waals surface area contributed by atoms with E-state index < -0.39 is 17.2 Å². The third-order valence-electron chi connectivity index (χ3n) is 5.08. The fourth-order valence-electron chi connectivity index (χ4n) is 3.28. The second-order valence-electron chi connectivity index (χ2n) is 9.60. The van der Waals surface area contributed by atoms with E-state index in [4.69, 9.17) is 9.26 Å². The average Bonchev–Trinajstić information content (AvgIpc) is 3.33. The fraction of sp³-hybridized carbons (Fsp3) is 0.800. The van der Waals surface area contributed by atoms with Gasteiger partial charge >= 0.3 is 6.09 Å². The molecular weight excluding hydrogens is 374 g/mol. The molecule has 2 aliphatic rings. The highest BCUT2D eigenvalue weighted by molar-refractivity contribution is 5.81. The number of nitrogens with zero attached hydrogens (tertiary/aromatic N) is 3. The standard InChI is InChI=1S/C20H33N5O4/c1-19(2,3)28-18(27)23-20(4,5)17-22-15(29-24-17)12-25-10-8-14(9-11-25)21-16(26)13-6-7-13/h13-14H,6-12H2,1-5H3,(H,21,26)(H,23,27). The van der Waals surface area contributed by atoms with Gasteiger partial charge in [-0.15, -0.1) is 0 Å². The average molecular weight is 408 g/mol. The molecule has 0 spiro atoms. The van der Waals surface area contributed by atoms with E-state index in [-0.39, 0.29) is 17.9 Å². The Morgan fingerprint density at radius 3 is 2.38 bits per heavy atom. The molecule has 1 aliphatic heterocycles. The largest absolute Gasteiger partial charge is 0.444 e. The molecule has 1 aromatic rings. The second kappa shape index (κ2) is 8.30. The van der Waals surface area contributed by atoms with Gasteiger partial charge in [0.15, 0.2) is 5.82 Å². The van der Waals surface area contributed by atoms with Crippen LogP contribution >= 0.6 is 0 Å². The van der Waals surface area contributed by atoms with Crippen molar-refractivity contribution >= 4 is 12.0 Å². The van der Waals surface area contributed by atoms with E-state index >= 15 is 0 Å². The van der Waals surface area contributed by atoms with Crippen LogP contribution < -0.4 is 10.6 Å². The molecule has 1 saturated heterocycles. The second-order valence-corrected chi connectivity index (χ2v) is 9.60. The molecule has 2 N–H and O–H groups in total. The number of ether oxygens (including phenoxy) is 1. The van der Waals surface area contributed by atoms with Gasteiger partial charge < -0.3 is 19.9 Å². The zero-order valence-corrected chi connectivity index (χ0v) is 18.1. The van der Waals surface area contributed by atoms with Crippen LogP contribution in [0, 0.1) is 5.92 Å². The van der Waals surface area contributed by atoms with Crippen molar-refractivity contribution in [3.63, 3.8) is 0 Å². The third kappa shape index (κ3) is 6.42. The third-order valence-corrected chi connectivity index (χ3v) is 5.08. The minimum Gasteiger partial charge on any atom is -0.444 e. The minimum absolute atomic E-state index is 0.213. The van der Waals surface area contributed by atoms with Crippen molar-refractivity contribution in [1.29, 1.82) is 0 Å². The summed E-state index contributed by atoms with van der Waals surface area (Å²) < 4.78 is 10.7. The van der Waals surface area contributed by atoms with Crippen molar-refractivity contribution in [3.05, 3.63) is 11.7 Å². The van der Waals surface area contributed by atoms with E-state index in [0.29, 0.717) is 18.3 Å². The Hall–Kier alpha value is -2.16. The Labute approximate surface area is 171 Å². The lowest BCUT2D eigenvalue weighted by molar-refractivity contribution is -0.123. The van der Waals surface area contributed by atoms with E-state index in [1.807, 2.05) is 20.8 Å². The van der Waals surface area contributed by atoms with Crippen LogP contribution in [0.15, 0.2) is 4.52 Å². The van der Waals surface area contributed by atoms with Gasteiger partial charge in [0.05, 0.1) is 6.54 Å². The minimum atomic E-state index is -0.815. The zero-order chi connectivity index (χ0) is 21.2. The molecule has 2 heterocycles. The molecule has 0 atom stereocenters. The van der Waals surface area contributed by atoms with Crippen LogP contribution in [0.2, 0.25) is 0 Å². The first-order valence-corrected chi connectivity index (χ1v) is 10.4. The first-order valence-electron chi connectivity index (χ1n) is 10.4. The predicted molar refractivity (Wildman–Crippen MR) is 106 cm³/mol. The summed E-state index contributed by atoms with van der Waals surface area (Å²) in [5.74, 6) is 1.39. The van der Waals surface area contributed by atoms with Gasteiger partial charge in [0.25, 0.3) is 0 Å². The van der Waals surface area contributed by atoms with Gasteiger partial charge in [0.1, 0.15) is 11.1 Å². The van der Waals surface area contributed by atoms with Crippen molar-refractivity contribution in [1.82, 2.24) is 25.7 Å². The van der Waals surface area contributed by atoms with E-state index in [0.717, 1.165) is 38.8 Å². The van der Waals surface area contributed by atoms with Crippen LogP contribution in [0.25, 0.3) is 0 Å². The first kappa shape index (κ1) is 21.5. The highest BCUT2D eigenvalue weighted by atomic mass is 16.6. The van der Waals surface area contributed by atoms with Crippen LogP contribution in [0.3, 0.4) is 0 Å². The lowest BCUT2D eigenvalue weighted by Gasteiger charge is -2.31. The summed E-state index contributed by atoms with van der Waals surface area (Å²) in [6.07, 6.45) is 3.38. The lowest BCUT2D eigenvalue weighted by atomic mass is 10.0. The van der Waals surface area contributed by atoms with Crippen LogP contribution in [-0.4, -0.2) is 51.8 Å². The number of piperidine rings is 1. The maximum Gasteiger partial charge on any atom is 0.408 e. The summed E-state index contributed by atoms with van der Waals surface area (Å²) in [6, 6.07) is 0.259. The van der Waals surface area contributed by atoms with Gasteiger partial charge in [0.2, 0.25) is 11.8 Å². The van der Waals surface area contributed by atoms with Crippen molar-refractivity contribution in [2.45, 2.75) is 84.0 Å². The molecule has 9 heteroatoms. The molecular formula is C20H33N5O4. The summed E-state index contributed by atoms with van der Waals surface area (Å²) in [5, 5.41) is 9.98. The molecule has 3 rings (SSSR count). The highest BCUT2D eigenvalue weighted by Crippen LogP contribution is 2.29. The quantitative estimate of drug-likeness (QED) is 0.745. The number of hydrogen-bond acceptors (Lipinski definition) is 7. The van der Waals surface area contributed by atoms with Gasteiger partial charge in [-0.1, -0.05) is 5.16 Å². The molecule has 29 heavy (non-hydrogen) atoms. The Bertz CT molecular complexity index is 727. The van der Waals surface area contributed by atoms with E-state index in [1.54, 1.807) is 13.8 Å². The summed E-state index contributed by atoms with van der Waals surface area (Å²) in [6.45, 7) is 11.3. The molecule has 2 fully saturated rings. The number of carbonyl (C=O) groups is 2. The van der Waals surface area contributed by atoms with Crippen molar-refractivity contribution in [2.24, 2.45) is 5.92 Å². The molecule has 0 unspecified atom stereocenters. The van der Waals surface area contributed by atoms with Crippen molar-refractivity contribution in [2.75, 3.05) is 13.1 Å². The van der Waals surface area contributed by atoms with E-state index in [1.165, 1.54) is 0 Å². The number of amides is 2. The van der Waals surface area contributed by atoms with E-state index in [2.05, 4.69) is 25.7 Å². The van der Waals surface area contributed by atoms with Gasteiger partial charge in [0, 0.05) is 25.0 Å². The van der Waals surface area contributed by atoms with Gasteiger partial charge in [-0.25, -0.2) is 4.79 Å². The molecule has 0 bridgehead atoms. The number of likely N-dealkylation sites (tertiary alicyclic amines) is 1. The summed E-state index contributed by atoms with van der Waals surface area (Å²) in [7, 11) is 0.